The van der Waals surface area contributed by atoms with Crippen LogP contribution < -0.4 is 4.74 Å². The maximum Gasteiger partial charge on any atom is 0.303 e. The Morgan fingerprint density at radius 2 is 2.05 bits per heavy atom. The minimum atomic E-state index is -0.828. The highest BCUT2D eigenvalue weighted by molar-refractivity contribution is 7.99. The van der Waals surface area contributed by atoms with E-state index in [-0.39, 0.29) is 12.3 Å². The van der Waals surface area contributed by atoms with E-state index in [1.165, 1.54) is 17.8 Å². The zero-order chi connectivity index (χ0) is 27.8. The van der Waals surface area contributed by atoms with Crippen LogP contribution >= 0.6 is 11.8 Å². The molecule has 9 heteroatoms. The number of carboxylic acid groups (broad SMARTS) is 1. The molecule has 1 unspecified atom stereocenters. The van der Waals surface area contributed by atoms with E-state index in [9.17, 15) is 23.8 Å². The molecule has 0 aliphatic carbocycles. The summed E-state index contributed by atoms with van der Waals surface area (Å²) >= 11 is 1.32. The molecular weight excluding hydrogens is 522 g/mol. The monoisotopic (exact) mass is 558 g/mol. The highest BCUT2D eigenvalue weighted by Gasteiger charge is 2.30. The number of piperidine rings is 1. The fourth-order valence-electron chi connectivity index (χ4n) is 5.53. The van der Waals surface area contributed by atoms with E-state index >= 15 is 0 Å². The summed E-state index contributed by atoms with van der Waals surface area (Å²) < 4.78 is 32.7. The summed E-state index contributed by atoms with van der Waals surface area (Å²) in [4.78, 5) is 18.4. The number of hydrogen-bond acceptors (Lipinski definition) is 6. The molecular formula is C30H36F2N2O4S. The highest BCUT2D eigenvalue weighted by Crippen LogP contribution is 2.35. The van der Waals surface area contributed by atoms with Crippen LogP contribution in [0, 0.1) is 23.5 Å². The quantitative estimate of drug-likeness (QED) is 0.188. The first-order valence-corrected chi connectivity index (χ1v) is 14.5. The number of thioether (sulfide) groups is 1. The number of carboxylic acids is 1. The molecule has 39 heavy (non-hydrogen) atoms. The molecule has 2 heterocycles. The average molecular weight is 559 g/mol. The summed E-state index contributed by atoms with van der Waals surface area (Å²) in [6.07, 6.45) is 4.94. The third-order valence-corrected chi connectivity index (χ3v) is 8.77. The summed E-state index contributed by atoms with van der Waals surface area (Å²) in [5.41, 5.74) is 1.63. The maximum atomic E-state index is 13.9. The zero-order valence-corrected chi connectivity index (χ0v) is 23.0. The predicted octanol–water partition coefficient (Wildman–Crippen LogP) is 6.32. The lowest BCUT2D eigenvalue weighted by atomic mass is 9.79. The fourth-order valence-corrected chi connectivity index (χ4v) is 6.42. The molecule has 6 nitrogen and oxygen atoms in total. The molecule has 1 aliphatic rings. The first-order chi connectivity index (χ1) is 18.9. The van der Waals surface area contributed by atoms with Crippen LogP contribution in [-0.4, -0.2) is 58.6 Å². The predicted molar refractivity (Wildman–Crippen MR) is 149 cm³/mol. The van der Waals surface area contributed by atoms with Gasteiger partial charge in [0.15, 0.2) is 11.6 Å². The van der Waals surface area contributed by atoms with Crippen LogP contribution in [-0.2, 0) is 4.79 Å². The van der Waals surface area contributed by atoms with Gasteiger partial charge in [0.05, 0.1) is 18.7 Å². The second-order valence-corrected chi connectivity index (χ2v) is 11.3. The van der Waals surface area contributed by atoms with Crippen LogP contribution in [0.3, 0.4) is 0 Å². The molecule has 3 atom stereocenters. The lowest BCUT2D eigenvalue weighted by Gasteiger charge is -2.39. The van der Waals surface area contributed by atoms with Crippen molar-refractivity contribution in [3.05, 3.63) is 65.9 Å². The molecule has 0 spiro atoms. The number of pyridine rings is 1. The van der Waals surface area contributed by atoms with Gasteiger partial charge in [-0.1, -0.05) is 6.07 Å². The minimum Gasteiger partial charge on any atom is -0.497 e. The van der Waals surface area contributed by atoms with Crippen LogP contribution in [0.5, 0.6) is 5.75 Å². The van der Waals surface area contributed by atoms with Crippen LogP contribution in [0.15, 0.2) is 53.6 Å². The van der Waals surface area contributed by atoms with Crippen molar-refractivity contribution in [3.63, 3.8) is 0 Å². The first kappa shape index (κ1) is 29.2. The molecule has 1 fully saturated rings. The number of nitrogens with zero attached hydrogens (tertiary/aromatic N) is 2. The van der Waals surface area contributed by atoms with Gasteiger partial charge in [0.25, 0.3) is 0 Å². The summed E-state index contributed by atoms with van der Waals surface area (Å²) in [5.74, 6) is -0.473. The van der Waals surface area contributed by atoms with Crippen molar-refractivity contribution in [1.29, 1.82) is 0 Å². The number of benzene rings is 2. The van der Waals surface area contributed by atoms with Gasteiger partial charge in [-0.05, 0) is 105 Å². The molecule has 1 saturated heterocycles. The van der Waals surface area contributed by atoms with Crippen LogP contribution in [0.25, 0.3) is 10.9 Å². The van der Waals surface area contributed by atoms with Gasteiger partial charge in [0, 0.05) is 29.4 Å². The number of aromatic nitrogens is 1. The van der Waals surface area contributed by atoms with Crippen molar-refractivity contribution in [2.24, 2.45) is 11.8 Å². The largest absolute Gasteiger partial charge is 0.497 e. The minimum absolute atomic E-state index is 0.126. The Balaban J connectivity index is 1.32. The normalized spacial score (nSPS) is 18.8. The van der Waals surface area contributed by atoms with Crippen molar-refractivity contribution >= 4 is 28.6 Å². The summed E-state index contributed by atoms with van der Waals surface area (Å²) in [6.45, 7) is 2.54. The van der Waals surface area contributed by atoms with Crippen LogP contribution in [0.1, 0.15) is 50.2 Å². The molecule has 1 aromatic heterocycles. The van der Waals surface area contributed by atoms with Gasteiger partial charge in [-0.25, -0.2) is 8.78 Å². The third kappa shape index (κ3) is 7.90. The number of likely N-dealkylation sites (tertiary alicyclic amines) is 1. The number of aliphatic hydroxyl groups is 1. The number of fused-ring (bicyclic) bond motifs is 1. The molecule has 210 valence electrons. The second kappa shape index (κ2) is 14.1. The van der Waals surface area contributed by atoms with E-state index in [0.717, 1.165) is 61.4 Å². The Labute approximate surface area is 232 Å². The average Bonchev–Trinajstić information content (AvgIpc) is 2.94. The van der Waals surface area contributed by atoms with Crippen molar-refractivity contribution in [2.75, 3.05) is 32.5 Å². The van der Waals surface area contributed by atoms with Crippen molar-refractivity contribution < 1.29 is 28.5 Å². The van der Waals surface area contributed by atoms with Gasteiger partial charge >= 0.3 is 5.97 Å². The number of rotatable bonds is 13. The molecule has 1 aliphatic heterocycles. The second-order valence-electron chi connectivity index (χ2n) is 10.2. The Morgan fingerprint density at radius 3 is 2.85 bits per heavy atom. The van der Waals surface area contributed by atoms with Crippen molar-refractivity contribution in [2.45, 2.75) is 49.5 Å². The summed E-state index contributed by atoms with van der Waals surface area (Å²) in [7, 11) is 1.61. The smallest absolute Gasteiger partial charge is 0.303 e. The Bertz CT molecular complexity index is 1260. The lowest BCUT2D eigenvalue weighted by Crippen LogP contribution is -2.41. The van der Waals surface area contributed by atoms with Crippen LogP contribution in [0.4, 0.5) is 8.78 Å². The standard InChI is InChI=1S/C30H36F2N2O4S/c1-38-22-8-9-26-24(18-22)23(12-14-33-26)27(35)10-6-20-13-16-34(19-21(20)7-11-29(36)37)15-3-17-39-28-5-2-4-25(31)30(28)32/h2,4-5,8-9,12,14,18,20-21,27,35H,3,6-7,10-11,13,15-17,19H2,1H3,(H,36,37)/t20-,21+,27?/m1/s1. The number of halogens is 2. The summed E-state index contributed by atoms with van der Waals surface area (Å²) in [5, 5.41) is 21.3. The number of hydrogen-bond donors (Lipinski definition) is 2. The molecule has 2 aromatic carbocycles. The van der Waals surface area contributed by atoms with Gasteiger partial charge in [-0.3, -0.25) is 9.78 Å². The molecule has 0 radical (unpaired) electrons. The van der Waals surface area contributed by atoms with Gasteiger partial charge in [-0.2, -0.15) is 0 Å². The molecule has 0 bridgehead atoms. The zero-order valence-electron chi connectivity index (χ0n) is 22.2. The van der Waals surface area contributed by atoms with Crippen molar-refractivity contribution in [1.82, 2.24) is 9.88 Å². The van der Waals surface area contributed by atoms with Crippen LogP contribution in [0.2, 0.25) is 0 Å². The number of aliphatic hydroxyl groups excluding tert-OH is 1. The summed E-state index contributed by atoms with van der Waals surface area (Å²) in [6, 6.07) is 11.7. The highest BCUT2D eigenvalue weighted by atomic mass is 32.2. The number of ether oxygens (including phenoxy) is 1. The Kier molecular flexibility index (Phi) is 10.5. The van der Waals surface area contributed by atoms with Crippen molar-refractivity contribution in [3.8, 4) is 5.75 Å². The lowest BCUT2D eigenvalue weighted by molar-refractivity contribution is -0.137. The number of methoxy groups -OCH3 is 1. The third-order valence-electron chi connectivity index (χ3n) is 7.65. The first-order valence-electron chi connectivity index (χ1n) is 13.5. The number of carbonyl (C=O) groups is 1. The molecule has 0 saturated carbocycles. The van der Waals surface area contributed by atoms with E-state index < -0.39 is 23.7 Å². The van der Waals surface area contributed by atoms with Gasteiger partial charge in [0.1, 0.15) is 5.75 Å². The Morgan fingerprint density at radius 1 is 1.21 bits per heavy atom. The Hall–Kier alpha value is -2.75. The molecule has 0 amide bonds. The SMILES string of the molecule is COc1ccc2nccc(C(O)CC[C@@H]3CCN(CCCSc4cccc(F)c4F)C[C@@H]3CCC(=O)O)c2c1. The van der Waals surface area contributed by atoms with Gasteiger partial charge in [0.2, 0.25) is 0 Å². The van der Waals surface area contributed by atoms with E-state index in [2.05, 4.69) is 9.88 Å². The van der Waals surface area contributed by atoms with Gasteiger partial charge < -0.3 is 19.8 Å². The number of aliphatic carboxylic acids is 1. The van der Waals surface area contributed by atoms with E-state index in [1.54, 1.807) is 19.4 Å². The maximum absolute atomic E-state index is 13.9. The van der Waals surface area contributed by atoms with E-state index in [4.69, 9.17) is 4.74 Å². The fraction of sp³-hybridized carbons (Fsp3) is 0.467. The van der Waals surface area contributed by atoms with E-state index in [1.807, 2.05) is 24.3 Å². The topological polar surface area (TPSA) is 82.9 Å². The molecule has 3 aromatic rings. The molecule has 2 N–H and O–H groups in total. The van der Waals surface area contributed by atoms with E-state index in [0.29, 0.717) is 35.2 Å². The molecule has 4 rings (SSSR count). The van der Waals surface area contributed by atoms with Gasteiger partial charge in [-0.15, -0.1) is 11.8 Å².